The molecule has 0 spiro atoms. The number of nitrogens with one attached hydrogen (secondary N) is 2. The second-order valence-electron chi connectivity index (χ2n) is 5.37. The number of para-hydroxylation sites is 1. The maximum Gasteiger partial charge on any atom is 0.238 e. The molecule has 0 radical (unpaired) electrons. The lowest BCUT2D eigenvalue weighted by Gasteiger charge is -2.27. The monoisotopic (exact) mass is 295 g/mol. The zero-order valence-electron chi connectivity index (χ0n) is 11.9. The predicted molar refractivity (Wildman–Crippen MR) is 83.2 cm³/mol. The van der Waals surface area contributed by atoms with Crippen LogP contribution in [-0.4, -0.2) is 43.5 Å². The maximum atomic E-state index is 12.0. The van der Waals surface area contributed by atoms with Gasteiger partial charge in [-0.3, -0.25) is 9.69 Å². The minimum absolute atomic E-state index is 0.0311. The van der Waals surface area contributed by atoms with Gasteiger partial charge in [0.2, 0.25) is 5.91 Å². The van der Waals surface area contributed by atoms with E-state index in [2.05, 4.69) is 15.5 Å². The van der Waals surface area contributed by atoms with E-state index in [4.69, 9.17) is 11.6 Å². The molecule has 0 bridgehead atoms. The van der Waals surface area contributed by atoms with Crippen molar-refractivity contribution in [3.63, 3.8) is 0 Å². The molecular formula is C15H22ClN3O. The van der Waals surface area contributed by atoms with Crippen molar-refractivity contribution in [2.75, 3.05) is 32.0 Å². The van der Waals surface area contributed by atoms with E-state index < -0.39 is 0 Å². The molecule has 20 heavy (non-hydrogen) atoms. The van der Waals surface area contributed by atoms with Crippen LogP contribution in [0.25, 0.3) is 0 Å². The molecule has 2 N–H and O–H groups in total. The van der Waals surface area contributed by atoms with Crippen LogP contribution in [-0.2, 0) is 4.79 Å². The highest BCUT2D eigenvalue weighted by molar-refractivity contribution is 6.33. The van der Waals surface area contributed by atoms with E-state index in [0.717, 1.165) is 13.1 Å². The van der Waals surface area contributed by atoms with Crippen LogP contribution in [0.1, 0.15) is 19.3 Å². The molecule has 1 heterocycles. The lowest BCUT2D eigenvalue weighted by molar-refractivity contribution is -0.117. The number of nitrogens with zero attached hydrogens (tertiary/aromatic N) is 1. The number of benzene rings is 1. The summed E-state index contributed by atoms with van der Waals surface area (Å²) < 4.78 is 0. The number of rotatable bonds is 5. The Kier molecular flexibility index (Phi) is 5.83. The topological polar surface area (TPSA) is 44.4 Å². The summed E-state index contributed by atoms with van der Waals surface area (Å²) in [6.07, 6.45) is 3.72. The molecule has 1 atom stereocenters. The first-order valence-electron chi connectivity index (χ1n) is 7.11. The van der Waals surface area contributed by atoms with Crippen LogP contribution in [0.15, 0.2) is 24.3 Å². The highest BCUT2D eigenvalue weighted by atomic mass is 35.5. The summed E-state index contributed by atoms with van der Waals surface area (Å²) in [7, 11) is 1.97. The molecule has 2 rings (SSSR count). The second kappa shape index (κ2) is 7.62. The van der Waals surface area contributed by atoms with Gasteiger partial charge in [0.25, 0.3) is 0 Å². The molecule has 1 amide bonds. The van der Waals surface area contributed by atoms with Gasteiger partial charge in [-0.25, -0.2) is 0 Å². The van der Waals surface area contributed by atoms with Gasteiger partial charge in [-0.2, -0.15) is 0 Å². The van der Waals surface area contributed by atoms with E-state index in [1.54, 1.807) is 6.07 Å². The highest BCUT2D eigenvalue weighted by Crippen LogP contribution is 2.20. The van der Waals surface area contributed by atoms with Gasteiger partial charge in [0, 0.05) is 12.6 Å². The summed E-state index contributed by atoms with van der Waals surface area (Å²) in [6.45, 7) is 2.36. The first-order chi connectivity index (χ1) is 9.65. The Morgan fingerprint density at radius 3 is 2.95 bits per heavy atom. The van der Waals surface area contributed by atoms with Crippen LogP contribution in [0.3, 0.4) is 0 Å². The average Bonchev–Trinajstić information content (AvgIpc) is 2.42. The summed E-state index contributed by atoms with van der Waals surface area (Å²) in [6, 6.07) is 7.79. The summed E-state index contributed by atoms with van der Waals surface area (Å²) in [5, 5.41) is 6.90. The lowest BCUT2D eigenvalue weighted by atomic mass is 10.0. The quantitative estimate of drug-likeness (QED) is 0.876. The van der Waals surface area contributed by atoms with Crippen LogP contribution < -0.4 is 10.6 Å². The van der Waals surface area contributed by atoms with Crippen molar-refractivity contribution in [3.8, 4) is 0 Å². The molecule has 0 saturated carbocycles. The molecule has 0 aliphatic carbocycles. The SMILES string of the molecule is CN(CC(=O)Nc1ccccc1Cl)CC1CCCCN1. The van der Waals surface area contributed by atoms with E-state index in [0.29, 0.717) is 23.3 Å². The molecule has 5 heteroatoms. The summed E-state index contributed by atoms with van der Waals surface area (Å²) >= 11 is 6.02. The molecule has 1 aromatic rings. The smallest absolute Gasteiger partial charge is 0.238 e. The van der Waals surface area contributed by atoms with Gasteiger partial charge < -0.3 is 10.6 Å². The molecule has 1 aliphatic heterocycles. The van der Waals surface area contributed by atoms with E-state index in [1.165, 1.54) is 19.3 Å². The van der Waals surface area contributed by atoms with E-state index in [-0.39, 0.29) is 5.91 Å². The third-order valence-corrected chi connectivity index (χ3v) is 3.84. The van der Waals surface area contributed by atoms with E-state index in [1.807, 2.05) is 25.2 Å². The zero-order valence-corrected chi connectivity index (χ0v) is 12.6. The summed E-state index contributed by atoms with van der Waals surface area (Å²) in [5.41, 5.74) is 0.670. The molecule has 0 aromatic heterocycles. The molecule has 4 nitrogen and oxygen atoms in total. The van der Waals surface area contributed by atoms with Gasteiger partial charge in [-0.1, -0.05) is 30.2 Å². The second-order valence-corrected chi connectivity index (χ2v) is 5.78. The number of halogens is 1. The number of hydrogen-bond acceptors (Lipinski definition) is 3. The minimum Gasteiger partial charge on any atom is -0.324 e. The first kappa shape index (κ1) is 15.3. The van der Waals surface area contributed by atoms with Crippen LogP contribution in [0, 0.1) is 0 Å². The Morgan fingerprint density at radius 2 is 2.25 bits per heavy atom. The molecule has 1 aliphatic rings. The lowest BCUT2D eigenvalue weighted by Crippen LogP contribution is -2.44. The average molecular weight is 296 g/mol. The number of likely N-dealkylation sites (N-methyl/N-ethyl adjacent to an activating group) is 1. The van der Waals surface area contributed by atoms with Crippen LogP contribution in [0.2, 0.25) is 5.02 Å². The predicted octanol–water partition coefficient (Wildman–Crippen LogP) is 2.35. The third-order valence-electron chi connectivity index (χ3n) is 3.51. The van der Waals surface area contributed by atoms with Crippen molar-refractivity contribution in [1.29, 1.82) is 0 Å². The maximum absolute atomic E-state index is 12.0. The summed E-state index contributed by atoms with van der Waals surface area (Å²) in [5.74, 6) is -0.0311. The number of carbonyl (C=O) groups excluding carboxylic acids is 1. The fraction of sp³-hybridized carbons (Fsp3) is 0.533. The molecule has 110 valence electrons. The van der Waals surface area contributed by atoms with Gasteiger partial charge in [0.05, 0.1) is 17.3 Å². The van der Waals surface area contributed by atoms with Crippen LogP contribution in [0.4, 0.5) is 5.69 Å². The fourth-order valence-corrected chi connectivity index (χ4v) is 2.70. The molecule has 1 fully saturated rings. The fourth-order valence-electron chi connectivity index (χ4n) is 2.52. The van der Waals surface area contributed by atoms with Crippen molar-refractivity contribution in [3.05, 3.63) is 29.3 Å². The molecular weight excluding hydrogens is 274 g/mol. The number of carbonyl (C=O) groups is 1. The molecule has 1 aromatic carbocycles. The van der Waals surface area contributed by atoms with Gasteiger partial charge in [-0.15, -0.1) is 0 Å². The third kappa shape index (κ3) is 4.78. The first-order valence-corrected chi connectivity index (χ1v) is 7.49. The normalized spacial score (nSPS) is 19.1. The summed E-state index contributed by atoms with van der Waals surface area (Å²) in [4.78, 5) is 14.0. The van der Waals surface area contributed by atoms with Crippen LogP contribution in [0.5, 0.6) is 0 Å². The Morgan fingerprint density at radius 1 is 1.45 bits per heavy atom. The Bertz CT molecular complexity index is 446. The Hall–Kier alpha value is -1.10. The van der Waals surface area contributed by atoms with Gasteiger partial charge >= 0.3 is 0 Å². The van der Waals surface area contributed by atoms with Crippen molar-refractivity contribution >= 4 is 23.2 Å². The van der Waals surface area contributed by atoms with Gasteiger partial charge in [0.1, 0.15) is 0 Å². The largest absolute Gasteiger partial charge is 0.324 e. The molecule has 1 saturated heterocycles. The standard InChI is InChI=1S/C15H22ClN3O/c1-19(10-12-6-4-5-9-17-12)11-15(20)18-14-8-3-2-7-13(14)16/h2-3,7-8,12,17H,4-6,9-11H2,1H3,(H,18,20). The van der Waals surface area contributed by atoms with Crippen molar-refractivity contribution < 1.29 is 4.79 Å². The van der Waals surface area contributed by atoms with Gasteiger partial charge in [0.15, 0.2) is 0 Å². The zero-order chi connectivity index (χ0) is 14.4. The number of anilines is 1. The highest BCUT2D eigenvalue weighted by Gasteiger charge is 2.16. The van der Waals surface area contributed by atoms with E-state index >= 15 is 0 Å². The Labute approximate surface area is 125 Å². The molecule has 1 unspecified atom stereocenters. The van der Waals surface area contributed by atoms with E-state index in [9.17, 15) is 4.79 Å². The van der Waals surface area contributed by atoms with Crippen molar-refractivity contribution in [2.45, 2.75) is 25.3 Å². The Balaban J connectivity index is 1.77. The number of hydrogen-bond donors (Lipinski definition) is 2. The van der Waals surface area contributed by atoms with Crippen molar-refractivity contribution in [1.82, 2.24) is 10.2 Å². The van der Waals surface area contributed by atoms with Gasteiger partial charge in [-0.05, 0) is 38.6 Å². The van der Waals surface area contributed by atoms with Crippen molar-refractivity contribution in [2.24, 2.45) is 0 Å². The minimum atomic E-state index is -0.0311. The van der Waals surface area contributed by atoms with Crippen LogP contribution >= 0.6 is 11.6 Å². The number of amides is 1. The number of piperidine rings is 1.